The summed E-state index contributed by atoms with van der Waals surface area (Å²) in [6.07, 6.45) is 0. The fraction of sp³-hybridized carbons (Fsp3) is 0.533. The van der Waals surface area contributed by atoms with Crippen LogP contribution in [0.25, 0.3) is 0 Å². The number of carbonyl (C=O) groups excluding carboxylic acids is 1. The molecule has 4 heteroatoms. The summed E-state index contributed by atoms with van der Waals surface area (Å²) in [5, 5.41) is 0. The lowest BCUT2D eigenvalue weighted by Crippen LogP contribution is -2.58. The summed E-state index contributed by atoms with van der Waals surface area (Å²) in [7, 11) is 1.83. The second-order valence-electron chi connectivity index (χ2n) is 5.56. The van der Waals surface area contributed by atoms with Crippen LogP contribution >= 0.6 is 0 Å². The van der Waals surface area contributed by atoms with E-state index in [4.69, 9.17) is 10.5 Å². The molecule has 2 N–H and O–H groups in total. The predicted molar refractivity (Wildman–Crippen MR) is 74.7 cm³/mol. The van der Waals surface area contributed by atoms with Crippen LogP contribution in [0.5, 0.6) is 0 Å². The number of nitrogens with zero attached hydrogens (tertiary/aromatic N) is 1. The van der Waals surface area contributed by atoms with Crippen LogP contribution in [0, 0.1) is 19.3 Å². The van der Waals surface area contributed by atoms with E-state index in [1.165, 1.54) is 11.1 Å². The molecule has 1 aliphatic heterocycles. The average molecular weight is 262 g/mol. The minimum absolute atomic E-state index is 0.0829. The summed E-state index contributed by atoms with van der Waals surface area (Å²) >= 11 is 0. The van der Waals surface area contributed by atoms with E-state index in [0.717, 1.165) is 5.56 Å². The fourth-order valence-electron chi connectivity index (χ4n) is 2.33. The minimum Gasteiger partial charge on any atom is -0.379 e. The van der Waals surface area contributed by atoms with Crippen LogP contribution in [0.4, 0.5) is 0 Å². The van der Waals surface area contributed by atoms with Gasteiger partial charge in [0.05, 0.1) is 13.2 Å². The van der Waals surface area contributed by atoms with Crippen molar-refractivity contribution >= 4 is 5.91 Å². The Morgan fingerprint density at radius 3 is 2.53 bits per heavy atom. The SMILES string of the molecule is Cc1ccc(CN(C)C(=O)C2(CN)COC2)cc1C. The zero-order valence-electron chi connectivity index (χ0n) is 11.9. The summed E-state index contributed by atoms with van der Waals surface area (Å²) in [6.45, 7) is 6.02. The smallest absolute Gasteiger partial charge is 0.234 e. The van der Waals surface area contributed by atoms with Gasteiger partial charge in [-0.25, -0.2) is 0 Å². The first-order chi connectivity index (χ1) is 8.98. The Balaban J connectivity index is 2.06. The van der Waals surface area contributed by atoms with Gasteiger partial charge >= 0.3 is 0 Å². The highest BCUT2D eigenvalue weighted by Crippen LogP contribution is 2.28. The number of aryl methyl sites for hydroxylation is 2. The predicted octanol–water partition coefficient (Wildman–Crippen LogP) is 1.24. The molecular formula is C15H22N2O2. The molecule has 1 fully saturated rings. The third kappa shape index (κ3) is 2.65. The Bertz CT molecular complexity index is 476. The number of hydrogen-bond acceptors (Lipinski definition) is 3. The van der Waals surface area contributed by atoms with Crippen LogP contribution in [0.15, 0.2) is 18.2 Å². The molecule has 0 bridgehead atoms. The Labute approximate surface area is 114 Å². The van der Waals surface area contributed by atoms with Gasteiger partial charge in [-0.2, -0.15) is 0 Å². The van der Waals surface area contributed by atoms with E-state index in [0.29, 0.717) is 26.3 Å². The van der Waals surface area contributed by atoms with Gasteiger partial charge in [-0.15, -0.1) is 0 Å². The molecule has 0 saturated carbocycles. The molecule has 104 valence electrons. The average Bonchev–Trinajstić information content (AvgIpc) is 2.33. The maximum Gasteiger partial charge on any atom is 0.234 e. The first-order valence-corrected chi connectivity index (χ1v) is 6.58. The number of nitrogens with two attached hydrogens (primary N) is 1. The molecule has 1 heterocycles. The van der Waals surface area contributed by atoms with Crippen molar-refractivity contribution < 1.29 is 9.53 Å². The quantitative estimate of drug-likeness (QED) is 0.888. The Hall–Kier alpha value is -1.39. The largest absolute Gasteiger partial charge is 0.379 e. The van der Waals surface area contributed by atoms with Gasteiger partial charge in [0.2, 0.25) is 5.91 Å². The van der Waals surface area contributed by atoms with Crippen LogP contribution < -0.4 is 5.73 Å². The van der Waals surface area contributed by atoms with Gasteiger partial charge < -0.3 is 15.4 Å². The van der Waals surface area contributed by atoms with E-state index in [1.54, 1.807) is 4.90 Å². The molecule has 1 aliphatic rings. The van der Waals surface area contributed by atoms with Crippen LogP contribution in [0.2, 0.25) is 0 Å². The number of amides is 1. The highest BCUT2D eigenvalue weighted by atomic mass is 16.5. The number of hydrogen-bond donors (Lipinski definition) is 1. The summed E-state index contributed by atoms with van der Waals surface area (Å²) in [4.78, 5) is 14.1. The van der Waals surface area contributed by atoms with Crippen molar-refractivity contribution in [3.05, 3.63) is 34.9 Å². The van der Waals surface area contributed by atoms with E-state index < -0.39 is 5.41 Å². The normalized spacial score (nSPS) is 16.8. The van der Waals surface area contributed by atoms with Crippen molar-refractivity contribution in [2.75, 3.05) is 26.8 Å². The zero-order valence-corrected chi connectivity index (χ0v) is 11.9. The second-order valence-corrected chi connectivity index (χ2v) is 5.56. The van der Waals surface area contributed by atoms with Gasteiger partial charge in [0.25, 0.3) is 0 Å². The van der Waals surface area contributed by atoms with Gasteiger partial charge in [-0.1, -0.05) is 18.2 Å². The lowest BCUT2D eigenvalue weighted by atomic mass is 9.84. The molecule has 0 spiro atoms. The highest BCUT2D eigenvalue weighted by molar-refractivity contribution is 5.84. The lowest BCUT2D eigenvalue weighted by Gasteiger charge is -2.41. The number of benzene rings is 1. The number of rotatable bonds is 4. The molecule has 1 aromatic rings. The second kappa shape index (κ2) is 5.31. The number of carbonyl (C=O) groups is 1. The van der Waals surface area contributed by atoms with E-state index in [2.05, 4.69) is 32.0 Å². The van der Waals surface area contributed by atoms with Crippen molar-refractivity contribution in [2.45, 2.75) is 20.4 Å². The summed E-state index contributed by atoms with van der Waals surface area (Å²) in [5.74, 6) is 0.0829. The molecule has 1 amide bonds. The molecule has 0 unspecified atom stereocenters. The maximum atomic E-state index is 12.4. The van der Waals surface area contributed by atoms with Crippen molar-refractivity contribution in [3.8, 4) is 0 Å². The molecule has 4 nitrogen and oxygen atoms in total. The van der Waals surface area contributed by atoms with Gasteiger partial charge in [-0.3, -0.25) is 4.79 Å². The fourth-order valence-corrected chi connectivity index (χ4v) is 2.33. The monoisotopic (exact) mass is 262 g/mol. The first-order valence-electron chi connectivity index (χ1n) is 6.58. The summed E-state index contributed by atoms with van der Waals surface area (Å²) < 4.78 is 5.16. The van der Waals surface area contributed by atoms with Gasteiger partial charge in [0.15, 0.2) is 0 Å². The summed E-state index contributed by atoms with van der Waals surface area (Å²) in [5.41, 5.74) is 8.89. The molecule has 0 aliphatic carbocycles. The van der Waals surface area contributed by atoms with Crippen molar-refractivity contribution in [3.63, 3.8) is 0 Å². The Morgan fingerprint density at radius 1 is 1.37 bits per heavy atom. The lowest BCUT2D eigenvalue weighted by molar-refractivity contribution is -0.169. The first kappa shape index (κ1) is 14.0. The standard InChI is InChI=1S/C15H22N2O2/c1-11-4-5-13(6-12(11)2)7-17(3)14(18)15(8-16)9-19-10-15/h4-6H,7-10,16H2,1-3H3. The van der Waals surface area contributed by atoms with Crippen molar-refractivity contribution in [1.29, 1.82) is 0 Å². The number of ether oxygens (including phenoxy) is 1. The van der Waals surface area contributed by atoms with E-state index in [-0.39, 0.29) is 5.91 Å². The van der Waals surface area contributed by atoms with Crippen molar-refractivity contribution in [1.82, 2.24) is 4.90 Å². The molecule has 0 atom stereocenters. The van der Waals surface area contributed by atoms with Crippen LogP contribution in [-0.4, -0.2) is 37.6 Å². The molecule has 1 aromatic carbocycles. The van der Waals surface area contributed by atoms with Crippen LogP contribution in [0.1, 0.15) is 16.7 Å². The minimum atomic E-state index is -0.492. The highest BCUT2D eigenvalue weighted by Gasteiger charge is 2.46. The van der Waals surface area contributed by atoms with Gasteiger partial charge in [0, 0.05) is 20.1 Å². The van der Waals surface area contributed by atoms with Crippen LogP contribution in [0.3, 0.4) is 0 Å². The maximum absolute atomic E-state index is 12.4. The van der Waals surface area contributed by atoms with Crippen molar-refractivity contribution in [2.24, 2.45) is 11.1 Å². The van der Waals surface area contributed by atoms with Gasteiger partial charge in [-0.05, 0) is 30.5 Å². The van der Waals surface area contributed by atoms with E-state index >= 15 is 0 Å². The molecule has 2 rings (SSSR count). The molecule has 0 radical (unpaired) electrons. The zero-order chi connectivity index (χ0) is 14.0. The van der Waals surface area contributed by atoms with Gasteiger partial charge in [0.1, 0.15) is 5.41 Å². The third-order valence-corrected chi connectivity index (χ3v) is 3.94. The molecular weight excluding hydrogens is 240 g/mol. The Morgan fingerprint density at radius 2 is 2.05 bits per heavy atom. The van der Waals surface area contributed by atoms with E-state index in [1.807, 2.05) is 7.05 Å². The Kier molecular flexibility index (Phi) is 3.92. The van der Waals surface area contributed by atoms with Crippen LogP contribution in [-0.2, 0) is 16.1 Å². The third-order valence-electron chi connectivity index (χ3n) is 3.94. The topological polar surface area (TPSA) is 55.6 Å². The molecule has 1 saturated heterocycles. The molecule has 19 heavy (non-hydrogen) atoms. The molecule has 0 aromatic heterocycles. The summed E-state index contributed by atoms with van der Waals surface area (Å²) in [6, 6.07) is 6.29. The van der Waals surface area contributed by atoms with E-state index in [9.17, 15) is 4.79 Å².